The number of ketones is 1. The van der Waals surface area contributed by atoms with E-state index in [-0.39, 0.29) is 17.7 Å². The highest BCUT2D eigenvalue weighted by Crippen LogP contribution is 2.44. The van der Waals surface area contributed by atoms with Crippen LogP contribution >= 0.6 is 0 Å². The molecule has 6 heteroatoms. The molecule has 3 aromatic rings. The maximum atomic E-state index is 13.4. The number of fused-ring (bicyclic) bond motifs is 1. The highest BCUT2D eigenvalue weighted by Gasteiger charge is 2.39. The molecule has 2 aromatic carbocycles. The van der Waals surface area contributed by atoms with Gasteiger partial charge in [-0.05, 0) is 47.1 Å². The van der Waals surface area contributed by atoms with E-state index in [9.17, 15) is 4.79 Å². The molecule has 0 radical (unpaired) electrons. The summed E-state index contributed by atoms with van der Waals surface area (Å²) < 4.78 is 7.10. The maximum Gasteiger partial charge on any atom is 0.226 e. The van der Waals surface area contributed by atoms with Gasteiger partial charge < -0.3 is 10.1 Å². The van der Waals surface area contributed by atoms with Crippen molar-refractivity contribution in [1.82, 2.24) is 14.8 Å². The van der Waals surface area contributed by atoms with E-state index >= 15 is 0 Å². The summed E-state index contributed by atoms with van der Waals surface area (Å²) in [5.41, 5.74) is 5.26. The molecule has 1 N–H and O–H groups in total. The number of benzene rings is 2. The van der Waals surface area contributed by atoms with Gasteiger partial charge in [0, 0.05) is 17.7 Å². The Morgan fingerprint density at radius 3 is 2.42 bits per heavy atom. The zero-order chi connectivity index (χ0) is 21.5. The van der Waals surface area contributed by atoms with Crippen molar-refractivity contribution in [2.75, 3.05) is 12.4 Å². The average Bonchev–Trinajstić information content (AvgIpc) is 3.26. The van der Waals surface area contributed by atoms with E-state index in [0.29, 0.717) is 18.3 Å². The summed E-state index contributed by atoms with van der Waals surface area (Å²) >= 11 is 0. The fourth-order valence-electron chi connectivity index (χ4n) is 4.64. The fourth-order valence-corrected chi connectivity index (χ4v) is 4.64. The predicted molar refractivity (Wildman–Crippen MR) is 119 cm³/mol. The number of ether oxygens (including phenoxy) is 1. The number of allylic oxidation sites excluding steroid dienone is 2. The summed E-state index contributed by atoms with van der Waals surface area (Å²) in [5.74, 6) is 2.27. The van der Waals surface area contributed by atoms with Crippen LogP contribution in [0.2, 0.25) is 0 Å². The average molecular weight is 415 g/mol. The third-order valence-electron chi connectivity index (χ3n) is 6.37. The fraction of sp³-hybridized carbons (Fsp3) is 0.320. The molecule has 2 aliphatic rings. The van der Waals surface area contributed by atoms with Crippen LogP contribution in [-0.2, 0) is 4.79 Å². The summed E-state index contributed by atoms with van der Waals surface area (Å²) in [6, 6.07) is 16.2. The van der Waals surface area contributed by atoms with Crippen molar-refractivity contribution in [3.8, 4) is 5.75 Å². The van der Waals surface area contributed by atoms with Crippen molar-refractivity contribution in [2.45, 2.75) is 44.6 Å². The van der Waals surface area contributed by atoms with Crippen LogP contribution < -0.4 is 10.1 Å². The van der Waals surface area contributed by atoms with E-state index in [0.717, 1.165) is 29.0 Å². The molecule has 0 saturated carbocycles. The first kappa shape index (κ1) is 19.5. The van der Waals surface area contributed by atoms with Crippen LogP contribution in [0, 0.1) is 0 Å². The Morgan fingerprint density at radius 1 is 1.03 bits per heavy atom. The number of carbonyl (C=O) groups excluding carboxylic acids is 1. The smallest absolute Gasteiger partial charge is 0.226 e. The third-order valence-corrected chi connectivity index (χ3v) is 6.37. The molecule has 0 amide bonds. The molecule has 6 nitrogen and oxygen atoms in total. The largest absolute Gasteiger partial charge is 0.497 e. The quantitative estimate of drug-likeness (QED) is 0.662. The van der Waals surface area contributed by atoms with E-state index < -0.39 is 0 Å². The second kappa shape index (κ2) is 7.69. The van der Waals surface area contributed by atoms with Gasteiger partial charge in [-0.15, -0.1) is 0 Å². The van der Waals surface area contributed by atoms with Gasteiger partial charge in [0.05, 0.1) is 7.11 Å². The van der Waals surface area contributed by atoms with Crippen LogP contribution in [0.4, 0.5) is 5.95 Å². The molecule has 2 atom stereocenters. The van der Waals surface area contributed by atoms with Gasteiger partial charge in [0.1, 0.15) is 18.1 Å². The Morgan fingerprint density at radius 2 is 1.74 bits per heavy atom. The van der Waals surface area contributed by atoms with Crippen molar-refractivity contribution >= 4 is 11.7 Å². The van der Waals surface area contributed by atoms with Crippen LogP contribution in [0.15, 0.2) is 66.1 Å². The minimum atomic E-state index is -0.281. The van der Waals surface area contributed by atoms with Gasteiger partial charge in [0.2, 0.25) is 5.95 Å². The van der Waals surface area contributed by atoms with Gasteiger partial charge in [-0.2, -0.15) is 10.1 Å². The summed E-state index contributed by atoms with van der Waals surface area (Å²) in [4.78, 5) is 17.8. The number of carbonyl (C=O) groups is 1. The summed E-state index contributed by atoms with van der Waals surface area (Å²) in [6.45, 7) is 4.38. The molecule has 0 saturated heterocycles. The monoisotopic (exact) mass is 414 g/mol. The van der Waals surface area contributed by atoms with Crippen LogP contribution in [0.1, 0.15) is 61.3 Å². The van der Waals surface area contributed by atoms with Crippen molar-refractivity contribution in [3.63, 3.8) is 0 Å². The molecule has 5 rings (SSSR count). The number of hydrogen-bond donors (Lipinski definition) is 1. The zero-order valence-electron chi connectivity index (χ0n) is 18.0. The van der Waals surface area contributed by atoms with Gasteiger partial charge in [0.25, 0.3) is 0 Å². The van der Waals surface area contributed by atoms with Gasteiger partial charge in [-0.1, -0.05) is 50.2 Å². The van der Waals surface area contributed by atoms with Gasteiger partial charge in [0.15, 0.2) is 5.78 Å². The van der Waals surface area contributed by atoms with Gasteiger partial charge in [-0.25, -0.2) is 4.68 Å². The zero-order valence-corrected chi connectivity index (χ0v) is 18.0. The Labute approximate surface area is 182 Å². The summed E-state index contributed by atoms with van der Waals surface area (Å²) in [5, 5.41) is 7.80. The minimum Gasteiger partial charge on any atom is -0.497 e. The summed E-state index contributed by atoms with van der Waals surface area (Å²) in [7, 11) is 1.65. The van der Waals surface area contributed by atoms with Gasteiger partial charge >= 0.3 is 0 Å². The second-order valence-electron chi connectivity index (χ2n) is 8.57. The van der Waals surface area contributed by atoms with E-state index in [4.69, 9.17) is 4.74 Å². The van der Waals surface area contributed by atoms with E-state index in [2.05, 4.69) is 53.5 Å². The predicted octanol–water partition coefficient (Wildman–Crippen LogP) is 4.83. The number of aromatic nitrogens is 3. The molecular formula is C25H26N4O2. The minimum absolute atomic E-state index is 0.158. The molecule has 2 unspecified atom stereocenters. The lowest BCUT2D eigenvalue weighted by molar-refractivity contribution is -0.116. The molecule has 1 aromatic heterocycles. The van der Waals surface area contributed by atoms with Crippen LogP contribution in [0.25, 0.3) is 0 Å². The molecule has 0 spiro atoms. The van der Waals surface area contributed by atoms with Crippen molar-refractivity contribution in [1.29, 1.82) is 0 Å². The highest BCUT2D eigenvalue weighted by molar-refractivity contribution is 6.00. The Bertz CT molecular complexity index is 1140. The first-order chi connectivity index (χ1) is 15.0. The van der Waals surface area contributed by atoms with Crippen LogP contribution in [0.3, 0.4) is 0 Å². The molecule has 31 heavy (non-hydrogen) atoms. The lowest BCUT2D eigenvalue weighted by Gasteiger charge is -2.35. The Balaban J connectivity index is 1.52. The number of anilines is 1. The first-order valence-electron chi connectivity index (χ1n) is 10.7. The number of methoxy groups -OCH3 is 1. The molecule has 0 fully saturated rings. The van der Waals surface area contributed by atoms with E-state index in [1.807, 2.05) is 24.3 Å². The number of hydrogen-bond acceptors (Lipinski definition) is 5. The first-order valence-corrected chi connectivity index (χ1v) is 10.7. The SMILES string of the molecule is COc1ccc(C2C3=C(CC(c4ccc(C(C)C)cc4)CC3=O)Nc3ncnn32)cc1. The van der Waals surface area contributed by atoms with Crippen molar-refractivity contribution in [3.05, 3.63) is 82.8 Å². The topological polar surface area (TPSA) is 69.0 Å². The standard InChI is InChI=1S/C25H26N4O2/c1-15(2)16-4-6-17(7-5-16)19-12-21-23(22(30)13-19)24(29-25(28-21)26-14-27-29)18-8-10-20(31-3)11-9-18/h4-11,14-15,19,24H,12-13H2,1-3H3,(H,26,27,28). The van der Waals surface area contributed by atoms with Crippen molar-refractivity contribution < 1.29 is 9.53 Å². The lowest BCUT2D eigenvalue weighted by atomic mass is 9.77. The molecule has 1 aliphatic heterocycles. The van der Waals surface area contributed by atoms with Gasteiger partial charge in [-0.3, -0.25) is 4.79 Å². The third kappa shape index (κ3) is 3.42. The molecule has 158 valence electrons. The maximum absolute atomic E-state index is 13.4. The molecular weight excluding hydrogens is 388 g/mol. The Hall–Kier alpha value is -3.41. The van der Waals surface area contributed by atoms with E-state index in [1.165, 1.54) is 17.5 Å². The number of Topliss-reactive ketones (excluding diaryl/α,β-unsaturated/α-hetero) is 1. The molecule has 1 aliphatic carbocycles. The summed E-state index contributed by atoms with van der Waals surface area (Å²) in [6.07, 6.45) is 2.81. The van der Waals surface area contributed by atoms with Crippen molar-refractivity contribution in [2.24, 2.45) is 0 Å². The number of nitrogens with one attached hydrogen (secondary N) is 1. The highest BCUT2D eigenvalue weighted by atomic mass is 16.5. The molecule has 2 heterocycles. The molecule has 0 bridgehead atoms. The normalized spacial score (nSPS) is 20.3. The number of rotatable bonds is 4. The number of nitrogens with zero attached hydrogens (tertiary/aromatic N) is 3. The van der Waals surface area contributed by atoms with Crippen LogP contribution in [-0.4, -0.2) is 27.7 Å². The van der Waals surface area contributed by atoms with E-state index in [1.54, 1.807) is 11.8 Å². The lowest BCUT2D eigenvalue weighted by Crippen LogP contribution is -2.33. The second-order valence-corrected chi connectivity index (χ2v) is 8.57. The van der Waals surface area contributed by atoms with Crippen LogP contribution in [0.5, 0.6) is 5.75 Å². The Kier molecular flexibility index (Phi) is 4.85.